The van der Waals surface area contributed by atoms with E-state index in [4.69, 9.17) is 4.74 Å². The lowest BCUT2D eigenvalue weighted by atomic mass is 9.47. The molecule has 0 aromatic heterocycles. The van der Waals surface area contributed by atoms with Crippen LogP contribution in [0.2, 0.25) is 0 Å². The van der Waals surface area contributed by atoms with E-state index >= 15 is 0 Å². The maximum Gasteiger partial charge on any atom is 0.314 e. The van der Waals surface area contributed by atoms with Crippen LogP contribution in [0.4, 0.5) is 0 Å². The zero-order chi connectivity index (χ0) is 12.7. The molecule has 2 rings (SSSR count). The predicted molar refractivity (Wildman–Crippen MR) is 69.0 cm³/mol. The second-order valence-corrected chi connectivity index (χ2v) is 7.46. The molecule has 1 N–H and O–H groups in total. The van der Waals surface area contributed by atoms with Crippen molar-refractivity contribution < 1.29 is 14.6 Å². The summed E-state index contributed by atoms with van der Waals surface area (Å²) in [7, 11) is 1.43. The molecule has 0 amide bonds. The van der Waals surface area contributed by atoms with Crippen molar-refractivity contribution in [2.24, 2.45) is 10.8 Å². The van der Waals surface area contributed by atoms with Crippen LogP contribution in [-0.2, 0) is 9.53 Å². The quantitative estimate of drug-likeness (QED) is 0.772. The van der Waals surface area contributed by atoms with Crippen LogP contribution >= 0.6 is 11.8 Å². The zero-order valence-electron chi connectivity index (χ0n) is 10.9. The Hall–Kier alpha value is -0.220. The van der Waals surface area contributed by atoms with Crippen LogP contribution in [0, 0.1) is 10.8 Å². The first-order chi connectivity index (χ1) is 7.85. The Kier molecular flexibility index (Phi) is 3.24. The number of ether oxygens (including phenoxy) is 1. The van der Waals surface area contributed by atoms with Gasteiger partial charge in [-0.05, 0) is 42.6 Å². The molecule has 98 valence electrons. The molecule has 0 atom stereocenters. The second kappa shape index (κ2) is 4.16. The number of rotatable bonds is 2. The molecule has 0 aromatic carbocycles. The smallest absolute Gasteiger partial charge is 0.314 e. The molecule has 2 fully saturated rings. The Bertz CT molecular complexity index is 311. The molecule has 1 aliphatic heterocycles. The highest BCUT2D eigenvalue weighted by Crippen LogP contribution is 2.62. The molecule has 1 heterocycles. The van der Waals surface area contributed by atoms with Crippen LogP contribution in [0.3, 0.4) is 0 Å². The molecule has 0 aromatic rings. The van der Waals surface area contributed by atoms with Crippen molar-refractivity contribution >= 4 is 17.7 Å². The first-order valence-corrected chi connectivity index (χ1v) is 7.39. The van der Waals surface area contributed by atoms with E-state index in [9.17, 15) is 9.90 Å². The minimum atomic E-state index is -0.846. The molecular weight excluding hydrogens is 236 g/mol. The van der Waals surface area contributed by atoms with Crippen molar-refractivity contribution in [1.29, 1.82) is 0 Å². The first-order valence-electron chi connectivity index (χ1n) is 6.24. The molecule has 0 radical (unpaired) electrons. The predicted octanol–water partition coefficient (Wildman–Crippen LogP) is 2.22. The largest absolute Gasteiger partial charge is 0.469 e. The van der Waals surface area contributed by atoms with E-state index in [1.807, 2.05) is 11.8 Å². The number of hydrogen-bond acceptors (Lipinski definition) is 4. The highest BCUT2D eigenvalue weighted by atomic mass is 32.2. The van der Waals surface area contributed by atoms with E-state index in [-0.39, 0.29) is 11.4 Å². The van der Waals surface area contributed by atoms with E-state index in [1.165, 1.54) is 7.11 Å². The summed E-state index contributed by atoms with van der Waals surface area (Å²) in [4.78, 5) is 12.1. The van der Waals surface area contributed by atoms with Gasteiger partial charge in [-0.25, -0.2) is 0 Å². The van der Waals surface area contributed by atoms with Crippen molar-refractivity contribution in [2.45, 2.75) is 45.1 Å². The fourth-order valence-corrected chi connectivity index (χ4v) is 4.80. The molecule has 0 bridgehead atoms. The molecule has 1 saturated carbocycles. The summed E-state index contributed by atoms with van der Waals surface area (Å²) in [5.74, 6) is 1.66. The monoisotopic (exact) mass is 258 g/mol. The van der Waals surface area contributed by atoms with Crippen LogP contribution in [0.5, 0.6) is 0 Å². The van der Waals surface area contributed by atoms with Crippen molar-refractivity contribution in [1.82, 2.24) is 0 Å². The van der Waals surface area contributed by atoms with Gasteiger partial charge in [0.25, 0.3) is 0 Å². The number of thioether (sulfide) groups is 1. The Morgan fingerprint density at radius 2 is 1.76 bits per heavy atom. The third-order valence-corrected chi connectivity index (χ3v) is 5.33. The summed E-state index contributed by atoms with van der Waals surface area (Å²) in [6.45, 7) is 4.30. The Balaban J connectivity index is 2.25. The molecule has 4 heteroatoms. The van der Waals surface area contributed by atoms with Crippen LogP contribution in [0.1, 0.15) is 39.5 Å². The van der Waals surface area contributed by atoms with Gasteiger partial charge in [-0.2, -0.15) is 11.8 Å². The number of methoxy groups -OCH3 is 1. The summed E-state index contributed by atoms with van der Waals surface area (Å²) in [6, 6.07) is 0. The van der Waals surface area contributed by atoms with Crippen molar-refractivity contribution in [3.63, 3.8) is 0 Å². The molecule has 17 heavy (non-hydrogen) atoms. The van der Waals surface area contributed by atoms with Gasteiger partial charge in [-0.15, -0.1) is 0 Å². The number of aliphatic hydroxyl groups is 1. The van der Waals surface area contributed by atoms with Crippen molar-refractivity contribution in [3.05, 3.63) is 0 Å². The molecule has 3 nitrogen and oxygen atoms in total. The van der Waals surface area contributed by atoms with Crippen molar-refractivity contribution in [3.8, 4) is 0 Å². The number of carbonyl (C=O) groups is 1. The third-order valence-electron chi connectivity index (χ3n) is 4.35. The lowest BCUT2D eigenvalue weighted by molar-refractivity contribution is -0.210. The highest BCUT2D eigenvalue weighted by Gasteiger charge is 2.65. The Morgan fingerprint density at radius 1 is 1.24 bits per heavy atom. The number of esters is 1. The summed E-state index contributed by atoms with van der Waals surface area (Å²) in [6.07, 6.45) is 2.91. The first kappa shape index (κ1) is 13.2. The maximum atomic E-state index is 12.1. The Morgan fingerprint density at radius 3 is 2.18 bits per heavy atom. The lowest BCUT2D eigenvalue weighted by Gasteiger charge is -2.59. The molecule has 0 unspecified atom stereocenters. The number of hydrogen-bond donors (Lipinski definition) is 1. The van der Waals surface area contributed by atoms with E-state index in [0.29, 0.717) is 12.8 Å². The van der Waals surface area contributed by atoms with Gasteiger partial charge in [0.15, 0.2) is 0 Å². The van der Waals surface area contributed by atoms with Gasteiger partial charge in [0.1, 0.15) is 0 Å². The summed E-state index contributed by atoms with van der Waals surface area (Å²) in [5, 5.41) is 10.9. The molecule has 0 spiro atoms. The third kappa shape index (κ3) is 1.99. The van der Waals surface area contributed by atoms with Gasteiger partial charge in [0.2, 0.25) is 0 Å². The number of carbonyl (C=O) groups excluding carboxylic acids is 1. The standard InChI is InChI=1S/C13H22O3S/c1-11(2)8-12(9-11,10(14)16-3)13(15)4-6-17-7-5-13/h15H,4-9H2,1-3H3. The minimum absolute atomic E-state index is 0.147. The van der Waals surface area contributed by atoms with Gasteiger partial charge in [0.05, 0.1) is 18.1 Å². The second-order valence-electron chi connectivity index (χ2n) is 6.24. The van der Waals surface area contributed by atoms with Crippen LogP contribution < -0.4 is 0 Å². The Labute approximate surface area is 107 Å². The van der Waals surface area contributed by atoms with E-state index in [1.54, 1.807) is 0 Å². The summed E-state index contributed by atoms with van der Waals surface area (Å²) >= 11 is 1.85. The fourth-order valence-electron chi connectivity index (χ4n) is 3.63. The maximum absolute atomic E-state index is 12.1. The zero-order valence-corrected chi connectivity index (χ0v) is 11.7. The highest BCUT2D eigenvalue weighted by molar-refractivity contribution is 7.99. The average Bonchev–Trinajstić information content (AvgIpc) is 2.25. The van der Waals surface area contributed by atoms with E-state index in [2.05, 4.69) is 13.8 Å². The summed E-state index contributed by atoms with van der Waals surface area (Å²) < 4.78 is 4.96. The normalized spacial score (nSPS) is 29.2. The van der Waals surface area contributed by atoms with Crippen LogP contribution in [0.15, 0.2) is 0 Å². The molecule has 1 saturated heterocycles. The molecule has 2 aliphatic rings. The van der Waals surface area contributed by atoms with E-state index < -0.39 is 11.0 Å². The van der Waals surface area contributed by atoms with Crippen LogP contribution in [0.25, 0.3) is 0 Å². The van der Waals surface area contributed by atoms with E-state index in [0.717, 1.165) is 24.3 Å². The average molecular weight is 258 g/mol. The van der Waals surface area contributed by atoms with Gasteiger partial charge in [-0.3, -0.25) is 4.79 Å². The molecule has 1 aliphatic carbocycles. The SMILES string of the molecule is COC(=O)C1(C2(O)CCSCC2)CC(C)(C)C1. The lowest BCUT2D eigenvalue weighted by Crippen LogP contribution is -2.64. The van der Waals surface area contributed by atoms with Gasteiger partial charge < -0.3 is 9.84 Å². The van der Waals surface area contributed by atoms with Gasteiger partial charge >= 0.3 is 5.97 Å². The van der Waals surface area contributed by atoms with Crippen molar-refractivity contribution in [2.75, 3.05) is 18.6 Å². The fraction of sp³-hybridized carbons (Fsp3) is 0.923. The minimum Gasteiger partial charge on any atom is -0.469 e. The van der Waals surface area contributed by atoms with Crippen LogP contribution in [-0.4, -0.2) is 35.3 Å². The summed E-state index contributed by atoms with van der Waals surface area (Å²) in [5.41, 5.74) is -1.35. The van der Waals surface area contributed by atoms with Gasteiger partial charge in [-0.1, -0.05) is 13.8 Å². The topological polar surface area (TPSA) is 46.5 Å². The molecular formula is C13H22O3S. The van der Waals surface area contributed by atoms with Gasteiger partial charge in [0, 0.05) is 0 Å².